The summed E-state index contributed by atoms with van der Waals surface area (Å²) < 4.78 is 13.5. The Morgan fingerprint density at radius 3 is 2.60 bits per heavy atom. The van der Waals surface area contributed by atoms with Crippen molar-refractivity contribution in [1.82, 2.24) is 4.98 Å². The molecule has 0 aliphatic heterocycles. The molecule has 0 aromatic carbocycles. The summed E-state index contributed by atoms with van der Waals surface area (Å²) in [5.41, 5.74) is -0.358. The third-order valence-corrected chi connectivity index (χ3v) is 3.20. The molecule has 0 saturated carbocycles. The first-order chi connectivity index (χ1) is 6.88. The number of hydrogen-bond donors (Lipinski definition) is 0. The zero-order chi connectivity index (χ0) is 11.6. The number of pyridine rings is 1. The molecule has 84 valence electrons. The predicted molar refractivity (Wildman–Crippen MR) is 62.4 cm³/mol. The lowest BCUT2D eigenvalue weighted by atomic mass is 10.1. The molecule has 0 aliphatic carbocycles. The molecule has 0 unspecified atom stereocenters. The minimum Gasteiger partial charge on any atom is -0.351 e. The molecule has 0 spiro atoms. The van der Waals surface area contributed by atoms with Gasteiger partial charge in [0.15, 0.2) is 11.6 Å². The lowest BCUT2D eigenvalue weighted by Crippen LogP contribution is -2.43. The fraction of sp³-hybridized carbons (Fsp3) is 0.500. The molecule has 0 saturated heterocycles. The van der Waals surface area contributed by atoms with Crippen molar-refractivity contribution in [2.75, 3.05) is 17.8 Å². The highest BCUT2D eigenvalue weighted by Crippen LogP contribution is 2.25. The zero-order valence-corrected chi connectivity index (χ0v) is 10.4. The first kappa shape index (κ1) is 12.5. The van der Waals surface area contributed by atoms with Crippen molar-refractivity contribution in [2.24, 2.45) is 0 Å². The maximum absolute atomic E-state index is 13.5. The number of anilines is 1. The molecule has 1 aromatic rings. The van der Waals surface area contributed by atoms with Crippen molar-refractivity contribution in [3.8, 4) is 0 Å². The van der Waals surface area contributed by atoms with Crippen molar-refractivity contribution >= 4 is 29.0 Å². The van der Waals surface area contributed by atoms with E-state index in [-0.39, 0.29) is 16.4 Å². The number of alkyl halides is 1. The van der Waals surface area contributed by atoms with Gasteiger partial charge in [-0.05, 0) is 19.9 Å². The van der Waals surface area contributed by atoms with Gasteiger partial charge in [0.2, 0.25) is 0 Å². The van der Waals surface area contributed by atoms with E-state index in [0.717, 1.165) is 0 Å². The van der Waals surface area contributed by atoms with Crippen LogP contribution in [0, 0.1) is 5.82 Å². The standard InChI is InChI=1S/C10H13Cl2FN2/c1-10(2,6-11)15(3)9-8(13)4-7(12)5-14-9/h4-5H,6H2,1-3H3. The maximum atomic E-state index is 13.5. The van der Waals surface area contributed by atoms with Crippen molar-refractivity contribution in [1.29, 1.82) is 0 Å². The average Bonchev–Trinajstić information content (AvgIpc) is 2.17. The predicted octanol–water partition coefficient (Wildman–Crippen LogP) is 3.33. The molecule has 2 nitrogen and oxygen atoms in total. The van der Waals surface area contributed by atoms with Gasteiger partial charge in [0.25, 0.3) is 0 Å². The van der Waals surface area contributed by atoms with Crippen LogP contribution in [0.3, 0.4) is 0 Å². The van der Waals surface area contributed by atoms with Gasteiger partial charge in [-0.2, -0.15) is 0 Å². The van der Waals surface area contributed by atoms with Crippen LogP contribution in [0.15, 0.2) is 12.3 Å². The van der Waals surface area contributed by atoms with Gasteiger partial charge in [0.05, 0.1) is 5.02 Å². The van der Waals surface area contributed by atoms with Crippen LogP contribution in [-0.4, -0.2) is 23.5 Å². The molecule has 15 heavy (non-hydrogen) atoms. The summed E-state index contributed by atoms with van der Waals surface area (Å²) in [5, 5.41) is 0.285. The molecule has 5 heteroatoms. The van der Waals surface area contributed by atoms with Crippen LogP contribution in [0.4, 0.5) is 10.2 Å². The number of hydrogen-bond acceptors (Lipinski definition) is 2. The maximum Gasteiger partial charge on any atom is 0.167 e. The van der Waals surface area contributed by atoms with Gasteiger partial charge < -0.3 is 4.90 Å². The van der Waals surface area contributed by atoms with Gasteiger partial charge in [0, 0.05) is 24.7 Å². The van der Waals surface area contributed by atoms with Crippen LogP contribution in [0.25, 0.3) is 0 Å². The van der Waals surface area contributed by atoms with E-state index in [9.17, 15) is 4.39 Å². The smallest absolute Gasteiger partial charge is 0.167 e. The Bertz CT molecular complexity index is 355. The number of nitrogens with zero attached hydrogens (tertiary/aromatic N) is 2. The van der Waals surface area contributed by atoms with Crippen molar-refractivity contribution < 1.29 is 4.39 Å². The summed E-state index contributed by atoms with van der Waals surface area (Å²) in [4.78, 5) is 5.65. The first-order valence-electron chi connectivity index (χ1n) is 4.49. The summed E-state index contributed by atoms with van der Waals surface area (Å²) in [5.74, 6) is 0.195. The van der Waals surface area contributed by atoms with E-state index in [1.165, 1.54) is 12.3 Å². The molecule has 0 radical (unpaired) electrons. The number of rotatable bonds is 3. The lowest BCUT2D eigenvalue weighted by Gasteiger charge is -2.34. The second-order valence-corrected chi connectivity index (χ2v) is 4.67. The number of aromatic nitrogens is 1. The average molecular weight is 251 g/mol. The van der Waals surface area contributed by atoms with Crippen LogP contribution < -0.4 is 4.90 Å². The molecular weight excluding hydrogens is 238 g/mol. The van der Waals surface area contributed by atoms with Crippen molar-refractivity contribution in [3.63, 3.8) is 0 Å². The molecule has 0 aliphatic rings. The van der Waals surface area contributed by atoms with Gasteiger partial charge in [-0.1, -0.05) is 11.6 Å². The topological polar surface area (TPSA) is 16.1 Å². The Kier molecular flexibility index (Phi) is 3.79. The lowest BCUT2D eigenvalue weighted by molar-refractivity contribution is 0.520. The Morgan fingerprint density at radius 1 is 1.53 bits per heavy atom. The normalized spacial score (nSPS) is 11.6. The highest BCUT2D eigenvalue weighted by Gasteiger charge is 2.25. The third kappa shape index (κ3) is 2.73. The molecule has 0 amide bonds. The van der Waals surface area contributed by atoms with E-state index in [1.807, 2.05) is 13.8 Å². The van der Waals surface area contributed by atoms with Gasteiger partial charge in [-0.15, -0.1) is 11.6 Å². The highest BCUT2D eigenvalue weighted by molar-refractivity contribution is 6.30. The Labute approximate surface area is 99.0 Å². The molecule has 1 heterocycles. The second kappa shape index (κ2) is 4.54. The Morgan fingerprint density at radius 2 is 2.13 bits per heavy atom. The van der Waals surface area contributed by atoms with E-state index in [2.05, 4.69) is 4.98 Å². The van der Waals surface area contributed by atoms with Crippen molar-refractivity contribution in [3.05, 3.63) is 23.1 Å². The summed E-state index contributed by atoms with van der Waals surface area (Å²) in [6, 6.07) is 1.24. The van der Waals surface area contributed by atoms with Gasteiger partial charge in [0.1, 0.15) is 0 Å². The molecular formula is C10H13Cl2FN2. The highest BCUT2D eigenvalue weighted by atomic mass is 35.5. The molecule has 1 aromatic heterocycles. The van der Waals surface area contributed by atoms with Crippen LogP contribution in [0.5, 0.6) is 0 Å². The fourth-order valence-electron chi connectivity index (χ4n) is 1.03. The number of halogens is 3. The third-order valence-electron chi connectivity index (χ3n) is 2.34. The fourth-order valence-corrected chi connectivity index (χ4v) is 1.35. The Hall–Kier alpha value is -0.540. The van der Waals surface area contributed by atoms with Crippen molar-refractivity contribution in [2.45, 2.75) is 19.4 Å². The second-order valence-electron chi connectivity index (χ2n) is 3.96. The molecule has 0 fully saturated rings. The van der Waals surface area contributed by atoms with E-state index in [0.29, 0.717) is 5.88 Å². The van der Waals surface area contributed by atoms with E-state index in [1.54, 1.807) is 11.9 Å². The summed E-state index contributed by atoms with van der Waals surface area (Å²) in [6.45, 7) is 3.82. The van der Waals surface area contributed by atoms with Crippen LogP contribution in [0.1, 0.15) is 13.8 Å². The quantitative estimate of drug-likeness (QED) is 0.766. The molecule has 0 atom stereocenters. The molecule has 1 rings (SSSR count). The van der Waals surface area contributed by atoms with E-state index >= 15 is 0 Å². The van der Waals surface area contributed by atoms with E-state index < -0.39 is 5.82 Å². The van der Waals surface area contributed by atoms with Crippen LogP contribution in [-0.2, 0) is 0 Å². The molecule has 0 bridgehead atoms. The van der Waals surface area contributed by atoms with Crippen LogP contribution in [0.2, 0.25) is 5.02 Å². The monoisotopic (exact) mass is 250 g/mol. The Balaban J connectivity index is 3.06. The van der Waals surface area contributed by atoms with Gasteiger partial charge >= 0.3 is 0 Å². The first-order valence-corrected chi connectivity index (χ1v) is 5.40. The SMILES string of the molecule is CN(c1ncc(Cl)cc1F)C(C)(C)CCl. The van der Waals surface area contributed by atoms with Gasteiger partial charge in [-0.25, -0.2) is 9.37 Å². The van der Waals surface area contributed by atoms with Gasteiger partial charge in [-0.3, -0.25) is 0 Å². The van der Waals surface area contributed by atoms with Crippen LogP contribution >= 0.6 is 23.2 Å². The molecule has 0 N–H and O–H groups in total. The van der Waals surface area contributed by atoms with E-state index in [4.69, 9.17) is 23.2 Å². The summed E-state index contributed by atoms with van der Waals surface area (Å²) in [6.07, 6.45) is 1.42. The zero-order valence-electron chi connectivity index (χ0n) is 8.89. The largest absolute Gasteiger partial charge is 0.351 e. The summed E-state index contributed by atoms with van der Waals surface area (Å²) >= 11 is 11.4. The minimum absolute atomic E-state index is 0.255. The summed E-state index contributed by atoms with van der Waals surface area (Å²) in [7, 11) is 1.75. The minimum atomic E-state index is -0.441.